The number of nitrogens with two attached hydrogens (primary N) is 1. The van der Waals surface area contributed by atoms with Crippen LogP contribution in [-0.2, 0) is 4.74 Å². The van der Waals surface area contributed by atoms with Crippen LogP contribution in [-0.4, -0.2) is 77.5 Å². The van der Waals surface area contributed by atoms with Gasteiger partial charge in [0.2, 0.25) is 0 Å². The Morgan fingerprint density at radius 3 is 2.72 bits per heavy atom. The number of rotatable bonds is 5. The van der Waals surface area contributed by atoms with Gasteiger partial charge in [0.15, 0.2) is 5.58 Å². The second-order valence-corrected chi connectivity index (χ2v) is 10.1. The van der Waals surface area contributed by atoms with Gasteiger partial charge in [0.05, 0.1) is 36.9 Å². The van der Waals surface area contributed by atoms with Gasteiger partial charge in [-0.15, -0.1) is 0 Å². The first kappa shape index (κ1) is 25.2. The van der Waals surface area contributed by atoms with Crippen LogP contribution in [0, 0.1) is 5.92 Å². The van der Waals surface area contributed by atoms with Gasteiger partial charge in [-0.25, -0.2) is 9.97 Å². The van der Waals surface area contributed by atoms with E-state index in [1.165, 1.54) is 0 Å². The number of carbonyl (C=O) groups is 1. The molecule has 0 bridgehead atoms. The molecule has 1 amide bonds. The second kappa shape index (κ2) is 10.6. The minimum absolute atomic E-state index is 0.00408. The zero-order valence-electron chi connectivity index (χ0n) is 21.7. The van der Waals surface area contributed by atoms with E-state index in [9.17, 15) is 9.90 Å². The Morgan fingerprint density at radius 2 is 1.95 bits per heavy atom. The number of nitrogens with one attached hydrogen (secondary N) is 1. The van der Waals surface area contributed by atoms with E-state index in [1.807, 2.05) is 31.2 Å². The van der Waals surface area contributed by atoms with E-state index < -0.39 is 6.10 Å². The molecule has 2 aliphatic rings. The first-order valence-electron chi connectivity index (χ1n) is 13.1. The maximum absolute atomic E-state index is 13.2. The minimum Gasteiger partial charge on any atom is -0.454 e. The van der Waals surface area contributed by atoms with Crippen molar-refractivity contribution in [3.05, 3.63) is 60.7 Å². The smallest absolute Gasteiger partial charge is 0.274 e. The molecule has 11 heteroatoms. The van der Waals surface area contributed by atoms with Crippen LogP contribution in [0.2, 0.25) is 0 Å². The van der Waals surface area contributed by atoms with Crippen LogP contribution in [0.25, 0.3) is 22.4 Å². The lowest BCUT2D eigenvalue weighted by Crippen LogP contribution is -2.55. The Bertz CT molecular complexity index is 1460. The molecule has 0 saturated carbocycles. The van der Waals surface area contributed by atoms with Crippen molar-refractivity contribution in [3.8, 4) is 11.3 Å². The van der Waals surface area contributed by atoms with E-state index in [2.05, 4.69) is 30.1 Å². The van der Waals surface area contributed by atoms with Crippen molar-refractivity contribution in [2.75, 3.05) is 54.5 Å². The molecule has 0 aromatic carbocycles. The fourth-order valence-electron chi connectivity index (χ4n) is 5.16. The molecule has 0 radical (unpaired) electrons. The van der Waals surface area contributed by atoms with E-state index in [0.717, 1.165) is 30.2 Å². The number of piperidine rings is 1. The molecule has 11 nitrogen and oxygen atoms in total. The number of morpholine rings is 1. The lowest BCUT2D eigenvalue weighted by molar-refractivity contribution is 0.0785. The quantitative estimate of drug-likeness (QED) is 0.353. The number of hydrogen-bond acceptors (Lipinski definition) is 10. The summed E-state index contributed by atoms with van der Waals surface area (Å²) in [5.74, 6) is 1.17. The molecule has 4 N–H and O–H groups in total. The molecule has 4 aromatic heterocycles. The molecule has 4 aromatic rings. The summed E-state index contributed by atoms with van der Waals surface area (Å²) >= 11 is 0. The van der Waals surface area contributed by atoms with E-state index in [0.29, 0.717) is 48.9 Å². The Labute approximate surface area is 225 Å². The number of aromatic nitrogens is 3. The largest absolute Gasteiger partial charge is 0.454 e. The van der Waals surface area contributed by atoms with Crippen molar-refractivity contribution < 1.29 is 19.1 Å². The number of ether oxygens (including phenoxy) is 1. The summed E-state index contributed by atoms with van der Waals surface area (Å²) in [4.78, 5) is 30.8. The molecular weight excluding hydrogens is 498 g/mol. The first-order valence-corrected chi connectivity index (χ1v) is 13.1. The maximum atomic E-state index is 13.2. The Hall–Kier alpha value is -4.06. The van der Waals surface area contributed by atoms with Crippen LogP contribution in [0.1, 0.15) is 17.4 Å². The summed E-state index contributed by atoms with van der Waals surface area (Å²) in [5.41, 5.74) is 9.74. The molecule has 39 heavy (non-hydrogen) atoms. The Morgan fingerprint density at radius 1 is 1.10 bits per heavy atom. The third-order valence-electron chi connectivity index (χ3n) is 7.32. The summed E-state index contributed by atoms with van der Waals surface area (Å²) in [6.45, 7) is 6.09. The van der Waals surface area contributed by atoms with E-state index in [-0.39, 0.29) is 23.6 Å². The fourth-order valence-corrected chi connectivity index (χ4v) is 5.16. The van der Waals surface area contributed by atoms with Crippen LogP contribution in [0.5, 0.6) is 0 Å². The van der Waals surface area contributed by atoms with Gasteiger partial charge >= 0.3 is 0 Å². The Balaban J connectivity index is 1.19. The highest BCUT2D eigenvalue weighted by Crippen LogP contribution is 2.31. The highest BCUT2D eigenvalue weighted by atomic mass is 16.5. The molecule has 6 heterocycles. The monoisotopic (exact) mass is 529 g/mol. The van der Waals surface area contributed by atoms with Gasteiger partial charge < -0.3 is 35.1 Å². The van der Waals surface area contributed by atoms with Crippen molar-refractivity contribution in [1.82, 2.24) is 15.0 Å². The second-order valence-electron chi connectivity index (χ2n) is 10.1. The molecule has 2 fully saturated rings. The topological polar surface area (TPSA) is 143 Å². The van der Waals surface area contributed by atoms with Crippen molar-refractivity contribution in [1.29, 1.82) is 0 Å². The number of amides is 1. The summed E-state index contributed by atoms with van der Waals surface area (Å²) in [6, 6.07) is 10.6. The summed E-state index contributed by atoms with van der Waals surface area (Å²) in [7, 11) is 0. The predicted molar refractivity (Wildman–Crippen MR) is 148 cm³/mol. The van der Waals surface area contributed by atoms with E-state index in [1.54, 1.807) is 30.7 Å². The SMILES string of the molecule is CC1CN(c2ccncc2NC(=O)c2ccc3oc(-c4ccc(N5CCOCC5)nc4)cc3n2)CC(N)C1O. The van der Waals surface area contributed by atoms with Gasteiger partial charge in [-0.3, -0.25) is 9.78 Å². The van der Waals surface area contributed by atoms with Crippen molar-refractivity contribution >= 4 is 34.2 Å². The normalized spacial score (nSPS) is 21.8. The molecule has 2 saturated heterocycles. The standard InChI is InChI=1S/C28H31N7O4/c1-17-15-35(16-19(29)27(17)36)23-6-7-30-14-22(23)33-28(37)20-3-4-24-21(32-20)12-25(39-24)18-2-5-26(31-13-18)34-8-10-38-11-9-34/h2-7,12-14,17,19,27,36H,8-11,15-16,29H2,1H3,(H,33,37). The van der Waals surface area contributed by atoms with Crippen LogP contribution in [0.4, 0.5) is 17.2 Å². The number of pyridine rings is 3. The summed E-state index contributed by atoms with van der Waals surface area (Å²) in [5, 5.41) is 13.2. The number of hydrogen-bond donors (Lipinski definition) is 3. The van der Waals surface area contributed by atoms with Crippen molar-refractivity contribution in [2.45, 2.75) is 19.1 Å². The minimum atomic E-state index is -0.560. The van der Waals surface area contributed by atoms with E-state index in [4.69, 9.17) is 14.9 Å². The molecular formula is C28H31N7O4. The maximum Gasteiger partial charge on any atom is 0.274 e. The van der Waals surface area contributed by atoms with Crippen molar-refractivity contribution in [3.63, 3.8) is 0 Å². The number of carbonyl (C=O) groups excluding carboxylic acids is 1. The van der Waals surface area contributed by atoms with Crippen LogP contribution < -0.4 is 20.9 Å². The molecule has 0 aliphatic carbocycles. The van der Waals surface area contributed by atoms with Crippen LogP contribution in [0.3, 0.4) is 0 Å². The molecule has 202 valence electrons. The third kappa shape index (κ3) is 5.16. The average molecular weight is 530 g/mol. The molecule has 3 unspecified atom stereocenters. The van der Waals surface area contributed by atoms with Gasteiger partial charge in [-0.05, 0) is 30.3 Å². The fraction of sp³-hybridized carbons (Fsp3) is 0.357. The molecule has 2 aliphatic heterocycles. The third-order valence-corrected chi connectivity index (χ3v) is 7.32. The highest BCUT2D eigenvalue weighted by Gasteiger charge is 2.32. The van der Waals surface area contributed by atoms with Gasteiger partial charge in [-0.1, -0.05) is 6.92 Å². The van der Waals surface area contributed by atoms with Gasteiger partial charge in [0, 0.05) is 62.2 Å². The van der Waals surface area contributed by atoms with Crippen LogP contribution >= 0.6 is 0 Å². The van der Waals surface area contributed by atoms with Crippen molar-refractivity contribution in [2.24, 2.45) is 11.7 Å². The first-order chi connectivity index (χ1) is 19.0. The molecule has 3 atom stereocenters. The number of nitrogens with zero attached hydrogens (tertiary/aromatic N) is 5. The highest BCUT2D eigenvalue weighted by molar-refractivity contribution is 6.05. The lowest BCUT2D eigenvalue weighted by atomic mass is 9.92. The predicted octanol–water partition coefficient (Wildman–Crippen LogP) is 2.52. The van der Waals surface area contributed by atoms with Crippen LogP contribution in [0.15, 0.2) is 59.4 Å². The van der Waals surface area contributed by atoms with E-state index >= 15 is 0 Å². The number of anilines is 3. The number of aliphatic hydroxyl groups is 1. The zero-order valence-corrected chi connectivity index (χ0v) is 21.7. The van der Waals surface area contributed by atoms with Gasteiger partial charge in [-0.2, -0.15) is 0 Å². The van der Waals surface area contributed by atoms with Gasteiger partial charge in [0.1, 0.15) is 22.8 Å². The number of furan rings is 1. The molecule has 0 spiro atoms. The Kier molecular flexibility index (Phi) is 6.86. The summed E-state index contributed by atoms with van der Waals surface area (Å²) < 4.78 is 11.4. The zero-order chi connectivity index (χ0) is 26.9. The molecule has 6 rings (SSSR count). The lowest BCUT2D eigenvalue weighted by Gasteiger charge is -2.40. The number of fused-ring (bicyclic) bond motifs is 1. The number of aliphatic hydroxyl groups excluding tert-OH is 1. The summed E-state index contributed by atoms with van der Waals surface area (Å²) in [6.07, 6.45) is 4.50. The van der Waals surface area contributed by atoms with Gasteiger partial charge in [0.25, 0.3) is 5.91 Å². The average Bonchev–Trinajstić information content (AvgIpc) is 3.40.